The molecule has 1 aliphatic rings. The molecule has 0 bridgehead atoms. The molecule has 2 aromatic rings. The summed E-state index contributed by atoms with van der Waals surface area (Å²) in [6, 6.07) is 3.01. The number of halogens is 1. The van der Waals surface area contributed by atoms with Crippen molar-refractivity contribution in [3.63, 3.8) is 0 Å². The fourth-order valence-electron chi connectivity index (χ4n) is 3.45. The van der Waals surface area contributed by atoms with E-state index in [1.165, 1.54) is 50.8 Å². The lowest BCUT2D eigenvalue weighted by molar-refractivity contribution is 0.292. The summed E-state index contributed by atoms with van der Waals surface area (Å²) < 4.78 is 18.5. The second-order valence-electron chi connectivity index (χ2n) is 6.54. The third kappa shape index (κ3) is 4.15. The van der Waals surface area contributed by atoms with Crippen LogP contribution < -0.4 is 0 Å². The first-order valence-corrected chi connectivity index (χ1v) is 8.71. The van der Waals surface area contributed by atoms with Gasteiger partial charge in [-0.05, 0) is 37.7 Å². The summed E-state index contributed by atoms with van der Waals surface area (Å²) in [5.41, 5.74) is 0.588. The van der Waals surface area contributed by atoms with Crippen LogP contribution in [0.5, 0.6) is 0 Å². The summed E-state index contributed by atoms with van der Waals surface area (Å²) >= 11 is 0. The standard InChI is InChI=1S/C18H24FN3O/c1-2-3-4-5-13-6-8-14(9-7-13)17-21-18(23-22-17)15-10-11-20-16(19)12-15/h10-14H,2-9H2,1H3. The molecule has 124 valence electrons. The zero-order chi connectivity index (χ0) is 16.1. The SMILES string of the molecule is CCCCCC1CCC(c2noc(-c3ccnc(F)c3)n2)CC1. The minimum Gasteiger partial charge on any atom is -0.334 e. The van der Waals surface area contributed by atoms with Crippen LogP contribution in [0, 0.1) is 11.9 Å². The molecule has 4 nitrogen and oxygen atoms in total. The first-order chi connectivity index (χ1) is 11.3. The minimum atomic E-state index is -0.533. The van der Waals surface area contributed by atoms with Gasteiger partial charge in [0.05, 0.1) is 0 Å². The first-order valence-electron chi connectivity index (χ1n) is 8.71. The normalized spacial score (nSPS) is 21.5. The molecule has 0 N–H and O–H groups in total. The van der Waals surface area contributed by atoms with Crippen molar-refractivity contribution < 1.29 is 8.91 Å². The summed E-state index contributed by atoms with van der Waals surface area (Å²) in [6.45, 7) is 2.25. The number of hydrogen-bond donors (Lipinski definition) is 0. The van der Waals surface area contributed by atoms with E-state index in [-0.39, 0.29) is 0 Å². The predicted molar refractivity (Wildman–Crippen MR) is 86.3 cm³/mol. The molecular formula is C18H24FN3O. The third-order valence-electron chi connectivity index (χ3n) is 4.84. The van der Waals surface area contributed by atoms with Gasteiger partial charge in [-0.3, -0.25) is 0 Å². The Morgan fingerprint density at radius 1 is 1.22 bits per heavy atom. The molecule has 2 aromatic heterocycles. The van der Waals surface area contributed by atoms with Gasteiger partial charge in [0, 0.05) is 23.7 Å². The van der Waals surface area contributed by atoms with Gasteiger partial charge in [-0.25, -0.2) is 4.98 Å². The zero-order valence-corrected chi connectivity index (χ0v) is 13.7. The summed E-state index contributed by atoms with van der Waals surface area (Å²) in [5.74, 6) is 1.85. The van der Waals surface area contributed by atoms with Gasteiger partial charge in [-0.15, -0.1) is 0 Å². The fraction of sp³-hybridized carbons (Fsp3) is 0.611. The molecule has 2 heterocycles. The summed E-state index contributed by atoms with van der Waals surface area (Å²) in [6.07, 6.45) is 11.5. The van der Waals surface area contributed by atoms with Crippen molar-refractivity contribution in [2.45, 2.75) is 64.2 Å². The lowest BCUT2D eigenvalue weighted by atomic mass is 9.79. The Hall–Kier alpha value is -1.78. The van der Waals surface area contributed by atoms with Gasteiger partial charge in [0.1, 0.15) is 0 Å². The van der Waals surface area contributed by atoms with Crippen molar-refractivity contribution in [2.24, 2.45) is 5.92 Å². The Morgan fingerprint density at radius 3 is 2.78 bits per heavy atom. The molecule has 0 radical (unpaired) electrons. The highest BCUT2D eigenvalue weighted by molar-refractivity contribution is 5.51. The van der Waals surface area contributed by atoms with Crippen molar-refractivity contribution in [2.75, 3.05) is 0 Å². The second kappa shape index (κ2) is 7.66. The molecule has 1 aliphatic carbocycles. The summed E-state index contributed by atoms with van der Waals surface area (Å²) in [5, 5.41) is 4.12. The van der Waals surface area contributed by atoms with Crippen LogP contribution in [0.3, 0.4) is 0 Å². The van der Waals surface area contributed by atoms with Crippen LogP contribution in [0.1, 0.15) is 70.0 Å². The zero-order valence-electron chi connectivity index (χ0n) is 13.7. The molecule has 0 atom stereocenters. The van der Waals surface area contributed by atoms with E-state index in [9.17, 15) is 4.39 Å². The van der Waals surface area contributed by atoms with E-state index in [2.05, 4.69) is 22.0 Å². The molecular weight excluding hydrogens is 293 g/mol. The largest absolute Gasteiger partial charge is 0.334 e. The van der Waals surface area contributed by atoms with Crippen molar-refractivity contribution in [1.29, 1.82) is 0 Å². The number of rotatable bonds is 6. The highest BCUT2D eigenvalue weighted by Crippen LogP contribution is 2.37. The van der Waals surface area contributed by atoms with Crippen LogP contribution in [0.15, 0.2) is 22.9 Å². The Morgan fingerprint density at radius 2 is 2.04 bits per heavy atom. The van der Waals surface area contributed by atoms with E-state index >= 15 is 0 Å². The first kappa shape index (κ1) is 16.1. The Balaban J connectivity index is 1.57. The Kier molecular flexibility index (Phi) is 5.36. The molecule has 0 spiro atoms. The van der Waals surface area contributed by atoms with Gasteiger partial charge >= 0.3 is 0 Å². The summed E-state index contributed by atoms with van der Waals surface area (Å²) in [7, 11) is 0. The van der Waals surface area contributed by atoms with Crippen molar-refractivity contribution in [1.82, 2.24) is 15.1 Å². The van der Waals surface area contributed by atoms with Gasteiger partial charge in [0.25, 0.3) is 5.89 Å². The smallest absolute Gasteiger partial charge is 0.258 e. The third-order valence-corrected chi connectivity index (χ3v) is 4.84. The molecule has 0 aliphatic heterocycles. The lowest BCUT2D eigenvalue weighted by Crippen LogP contribution is -2.14. The molecule has 3 rings (SSSR count). The van der Waals surface area contributed by atoms with Gasteiger partial charge < -0.3 is 4.52 Å². The number of hydrogen-bond acceptors (Lipinski definition) is 4. The maximum Gasteiger partial charge on any atom is 0.258 e. The monoisotopic (exact) mass is 317 g/mol. The fourth-order valence-corrected chi connectivity index (χ4v) is 3.45. The molecule has 5 heteroatoms. The number of aromatic nitrogens is 3. The Bertz CT molecular complexity index is 620. The second-order valence-corrected chi connectivity index (χ2v) is 6.54. The van der Waals surface area contributed by atoms with E-state index in [1.807, 2.05) is 0 Å². The van der Waals surface area contributed by atoms with Crippen molar-refractivity contribution in [3.8, 4) is 11.5 Å². The molecule has 0 unspecified atom stereocenters. The van der Waals surface area contributed by atoms with Crippen LogP contribution in [-0.4, -0.2) is 15.1 Å². The predicted octanol–water partition coefficient (Wildman–Crippen LogP) is 5.12. The average Bonchev–Trinajstić information content (AvgIpc) is 3.06. The molecule has 0 saturated heterocycles. The van der Waals surface area contributed by atoms with Crippen LogP contribution >= 0.6 is 0 Å². The van der Waals surface area contributed by atoms with Crippen molar-refractivity contribution >= 4 is 0 Å². The molecule has 1 saturated carbocycles. The lowest BCUT2D eigenvalue weighted by Gasteiger charge is -2.26. The van der Waals surface area contributed by atoms with Crippen LogP contribution in [0.25, 0.3) is 11.5 Å². The average molecular weight is 317 g/mol. The van der Waals surface area contributed by atoms with Crippen molar-refractivity contribution in [3.05, 3.63) is 30.1 Å². The highest BCUT2D eigenvalue weighted by Gasteiger charge is 2.26. The van der Waals surface area contributed by atoms with Gasteiger partial charge in [-0.2, -0.15) is 9.37 Å². The van der Waals surface area contributed by atoms with E-state index in [4.69, 9.17) is 4.52 Å². The van der Waals surface area contributed by atoms with E-state index < -0.39 is 5.95 Å². The van der Waals surface area contributed by atoms with E-state index in [0.717, 1.165) is 24.6 Å². The van der Waals surface area contributed by atoms with Gasteiger partial charge in [0.2, 0.25) is 5.95 Å². The molecule has 1 fully saturated rings. The number of pyridine rings is 1. The van der Waals surface area contributed by atoms with Gasteiger partial charge in [-0.1, -0.05) is 37.8 Å². The summed E-state index contributed by atoms with van der Waals surface area (Å²) in [4.78, 5) is 8.02. The van der Waals surface area contributed by atoms with E-state index in [1.54, 1.807) is 6.07 Å². The van der Waals surface area contributed by atoms with E-state index in [0.29, 0.717) is 17.4 Å². The quantitative estimate of drug-likeness (QED) is 0.548. The maximum absolute atomic E-state index is 13.2. The topological polar surface area (TPSA) is 51.8 Å². The molecule has 0 aromatic carbocycles. The van der Waals surface area contributed by atoms with Crippen LogP contribution in [-0.2, 0) is 0 Å². The number of nitrogens with zero attached hydrogens (tertiary/aromatic N) is 3. The Labute approximate surface area is 136 Å². The molecule has 0 amide bonds. The van der Waals surface area contributed by atoms with Crippen LogP contribution in [0.2, 0.25) is 0 Å². The molecule has 23 heavy (non-hydrogen) atoms. The number of unbranched alkanes of at least 4 members (excludes halogenated alkanes) is 2. The van der Waals surface area contributed by atoms with Gasteiger partial charge in [0.15, 0.2) is 5.82 Å². The highest BCUT2D eigenvalue weighted by atomic mass is 19.1. The van der Waals surface area contributed by atoms with Crippen LogP contribution in [0.4, 0.5) is 4.39 Å². The maximum atomic E-state index is 13.2. The minimum absolute atomic E-state index is 0.376.